The Kier molecular flexibility index (Phi) is 5.42. The first-order valence-corrected chi connectivity index (χ1v) is 8.94. The summed E-state index contributed by atoms with van der Waals surface area (Å²) in [5.41, 5.74) is 2.33. The third-order valence-corrected chi connectivity index (χ3v) is 4.80. The minimum Gasteiger partial charge on any atom is -0.366 e. The van der Waals surface area contributed by atoms with E-state index in [-0.39, 0.29) is 16.6 Å². The Morgan fingerprint density at radius 3 is 2.58 bits per heavy atom. The molecule has 3 rings (SSSR count). The summed E-state index contributed by atoms with van der Waals surface area (Å²) in [4.78, 5) is 25.5. The van der Waals surface area contributed by atoms with Crippen molar-refractivity contribution >= 4 is 34.6 Å². The molecule has 2 aromatic rings. The third kappa shape index (κ3) is 3.96. The number of piperidine rings is 1. The standard InChI is InChI=1S/C19H20ClN3O3/c1-13-6-5-7-14(10-13)19(24)21-16-12-17(22-8-3-2-4-9-22)18(23(25)26)11-15(16)20/h5-7,10-12H,2-4,8-9H2,1H3,(H,21,24). The second-order valence-electron chi connectivity index (χ2n) is 6.45. The van der Waals surface area contributed by atoms with Crippen molar-refractivity contribution < 1.29 is 9.72 Å². The Morgan fingerprint density at radius 1 is 1.19 bits per heavy atom. The largest absolute Gasteiger partial charge is 0.366 e. The van der Waals surface area contributed by atoms with Gasteiger partial charge in [-0.2, -0.15) is 0 Å². The summed E-state index contributed by atoms with van der Waals surface area (Å²) in [7, 11) is 0. The van der Waals surface area contributed by atoms with Gasteiger partial charge in [0.05, 0.1) is 15.6 Å². The molecule has 0 spiro atoms. The Labute approximate surface area is 156 Å². The van der Waals surface area contributed by atoms with Crippen LogP contribution in [0.3, 0.4) is 0 Å². The average Bonchev–Trinajstić information content (AvgIpc) is 2.63. The van der Waals surface area contributed by atoms with Gasteiger partial charge in [-0.05, 0) is 44.4 Å². The quantitative estimate of drug-likeness (QED) is 0.617. The van der Waals surface area contributed by atoms with Crippen molar-refractivity contribution in [2.24, 2.45) is 0 Å². The lowest BCUT2D eigenvalue weighted by Gasteiger charge is -2.29. The van der Waals surface area contributed by atoms with Crippen LogP contribution >= 0.6 is 11.6 Å². The number of nitrogens with one attached hydrogen (secondary N) is 1. The van der Waals surface area contributed by atoms with Crippen molar-refractivity contribution in [2.75, 3.05) is 23.3 Å². The number of halogens is 1. The van der Waals surface area contributed by atoms with E-state index in [0.29, 0.717) is 16.9 Å². The predicted molar refractivity (Wildman–Crippen MR) is 103 cm³/mol. The molecule has 1 N–H and O–H groups in total. The maximum absolute atomic E-state index is 12.5. The molecular weight excluding hydrogens is 354 g/mol. The summed E-state index contributed by atoms with van der Waals surface area (Å²) in [6, 6.07) is 10.1. The van der Waals surface area contributed by atoms with Crippen molar-refractivity contribution in [3.63, 3.8) is 0 Å². The van der Waals surface area contributed by atoms with Crippen molar-refractivity contribution in [1.29, 1.82) is 0 Å². The van der Waals surface area contributed by atoms with Crippen LogP contribution in [0.2, 0.25) is 5.02 Å². The molecule has 26 heavy (non-hydrogen) atoms. The van der Waals surface area contributed by atoms with Gasteiger partial charge < -0.3 is 10.2 Å². The number of carbonyl (C=O) groups is 1. The van der Waals surface area contributed by atoms with E-state index in [0.717, 1.165) is 37.9 Å². The van der Waals surface area contributed by atoms with Crippen molar-refractivity contribution in [2.45, 2.75) is 26.2 Å². The molecule has 0 radical (unpaired) electrons. The Balaban J connectivity index is 1.94. The van der Waals surface area contributed by atoms with Gasteiger partial charge in [0, 0.05) is 24.7 Å². The molecule has 2 aromatic carbocycles. The highest BCUT2D eigenvalue weighted by atomic mass is 35.5. The van der Waals surface area contributed by atoms with Gasteiger partial charge in [-0.25, -0.2) is 0 Å². The zero-order valence-corrected chi connectivity index (χ0v) is 15.3. The number of rotatable bonds is 4. The van der Waals surface area contributed by atoms with Gasteiger partial charge in [0.1, 0.15) is 5.69 Å². The second kappa shape index (κ2) is 7.74. The third-order valence-electron chi connectivity index (χ3n) is 4.49. The second-order valence-corrected chi connectivity index (χ2v) is 6.86. The summed E-state index contributed by atoms with van der Waals surface area (Å²) in [6.45, 7) is 3.42. The van der Waals surface area contributed by atoms with E-state index in [4.69, 9.17) is 11.6 Å². The number of nitrogens with zero attached hydrogens (tertiary/aromatic N) is 2. The molecule has 0 saturated carbocycles. The lowest BCUT2D eigenvalue weighted by atomic mass is 10.1. The first-order valence-electron chi connectivity index (χ1n) is 8.56. The Morgan fingerprint density at radius 2 is 1.92 bits per heavy atom. The SMILES string of the molecule is Cc1cccc(C(=O)Nc2cc(N3CCCCC3)c([N+](=O)[O-])cc2Cl)c1. The zero-order valence-electron chi connectivity index (χ0n) is 14.5. The molecule has 1 saturated heterocycles. The Hall–Kier alpha value is -2.60. The molecule has 0 unspecified atom stereocenters. The predicted octanol–water partition coefficient (Wildman–Crippen LogP) is 4.80. The highest BCUT2D eigenvalue weighted by molar-refractivity contribution is 6.34. The number of carbonyl (C=O) groups excluding carboxylic acids is 1. The van der Waals surface area contributed by atoms with Gasteiger partial charge in [0.15, 0.2) is 0 Å². The molecule has 1 amide bonds. The van der Waals surface area contributed by atoms with Gasteiger partial charge >= 0.3 is 0 Å². The molecule has 1 heterocycles. The van der Waals surface area contributed by atoms with Crippen molar-refractivity contribution in [3.8, 4) is 0 Å². The number of hydrogen-bond acceptors (Lipinski definition) is 4. The van der Waals surface area contributed by atoms with Crippen LogP contribution in [0.1, 0.15) is 35.2 Å². The first kappa shape index (κ1) is 18.2. The molecule has 1 aliphatic heterocycles. The van der Waals surface area contributed by atoms with Crippen LogP contribution in [0.4, 0.5) is 17.1 Å². The van der Waals surface area contributed by atoms with E-state index in [9.17, 15) is 14.9 Å². The highest BCUT2D eigenvalue weighted by Gasteiger charge is 2.24. The molecule has 1 aliphatic rings. The smallest absolute Gasteiger partial charge is 0.294 e. The van der Waals surface area contributed by atoms with E-state index in [2.05, 4.69) is 5.32 Å². The fraction of sp³-hybridized carbons (Fsp3) is 0.316. The van der Waals surface area contributed by atoms with Crippen LogP contribution in [-0.4, -0.2) is 23.9 Å². The van der Waals surface area contributed by atoms with E-state index in [1.807, 2.05) is 17.9 Å². The summed E-state index contributed by atoms with van der Waals surface area (Å²) in [6.07, 6.45) is 3.10. The Bertz CT molecular complexity index is 848. The van der Waals surface area contributed by atoms with Crippen LogP contribution in [0, 0.1) is 17.0 Å². The topological polar surface area (TPSA) is 75.5 Å². The molecular formula is C19H20ClN3O3. The molecule has 136 valence electrons. The summed E-state index contributed by atoms with van der Waals surface area (Å²) in [5.74, 6) is -0.297. The van der Waals surface area contributed by atoms with Crippen molar-refractivity contribution in [1.82, 2.24) is 0 Å². The van der Waals surface area contributed by atoms with Gasteiger partial charge in [-0.1, -0.05) is 29.3 Å². The average molecular weight is 374 g/mol. The number of benzene rings is 2. The molecule has 6 nitrogen and oxygen atoms in total. The van der Waals surface area contributed by atoms with Gasteiger partial charge in [-0.15, -0.1) is 0 Å². The molecule has 1 fully saturated rings. The van der Waals surface area contributed by atoms with E-state index in [1.54, 1.807) is 24.3 Å². The monoisotopic (exact) mass is 373 g/mol. The molecule has 7 heteroatoms. The van der Waals surface area contributed by atoms with E-state index < -0.39 is 4.92 Å². The van der Waals surface area contributed by atoms with Gasteiger partial charge in [0.2, 0.25) is 0 Å². The molecule has 0 aliphatic carbocycles. The van der Waals surface area contributed by atoms with Crippen LogP contribution in [-0.2, 0) is 0 Å². The summed E-state index contributed by atoms with van der Waals surface area (Å²) < 4.78 is 0. The number of amides is 1. The molecule has 0 atom stereocenters. The maximum atomic E-state index is 12.5. The number of nitro benzene ring substituents is 1. The number of nitro groups is 1. The lowest BCUT2D eigenvalue weighted by Crippen LogP contribution is -2.30. The van der Waals surface area contributed by atoms with Gasteiger partial charge in [0.25, 0.3) is 11.6 Å². The van der Waals surface area contributed by atoms with Crippen LogP contribution in [0.15, 0.2) is 36.4 Å². The van der Waals surface area contributed by atoms with E-state index in [1.165, 1.54) is 6.07 Å². The number of aryl methyl sites for hydroxylation is 1. The fourth-order valence-electron chi connectivity index (χ4n) is 3.16. The normalized spacial score (nSPS) is 14.2. The molecule has 0 bridgehead atoms. The highest BCUT2D eigenvalue weighted by Crippen LogP contribution is 2.38. The van der Waals surface area contributed by atoms with Crippen molar-refractivity contribution in [3.05, 3.63) is 62.7 Å². The first-order chi connectivity index (χ1) is 12.5. The minimum absolute atomic E-state index is 0.0366. The van der Waals surface area contributed by atoms with Crippen LogP contribution in [0.25, 0.3) is 0 Å². The van der Waals surface area contributed by atoms with Crippen LogP contribution in [0.5, 0.6) is 0 Å². The van der Waals surface area contributed by atoms with E-state index >= 15 is 0 Å². The van der Waals surface area contributed by atoms with Gasteiger partial charge in [-0.3, -0.25) is 14.9 Å². The molecule has 0 aromatic heterocycles. The zero-order chi connectivity index (χ0) is 18.7. The maximum Gasteiger partial charge on any atom is 0.294 e. The summed E-state index contributed by atoms with van der Waals surface area (Å²) in [5, 5.41) is 14.4. The lowest BCUT2D eigenvalue weighted by molar-refractivity contribution is -0.384. The summed E-state index contributed by atoms with van der Waals surface area (Å²) >= 11 is 6.21. The minimum atomic E-state index is -0.429. The number of hydrogen-bond donors (Lipinski definition) is 1. The van der Waals surface area contributed by atoms with Crippen LogP contribution < -0.4 is 10.2 Å². The fourth-order valence-corrected chi connectivity index (χ4v) is 3.37. The number of anilines is 2.